The second kappa shape index (κ2) is 5.41. The molecule has 2 aromatic rings. The van der Waals surface area contributed by atoms with E-state index < -0.39 is 0 Å². The molecule has 0 bridgehead atoms. The molecule has 2 heterocycles. The summed E-state index contributed by atoms with van der Waals surface area (Å²) in [5.41, 5.74) is 0.960. The molecule has 0 aliphatic heterocycles. The lowest BCUT2D eigenvalue weighted by molar-refractivity contribution is 0.497. The van der Waals surface area contributed by atoms with Crippen molar-refractivity contribution in [2.45, 2.75) is 37.4 Å². The first-order valence-electron chi connectivity index (χ1n) is 6.28. The van der Waals surface area contributed by atoms with E-state index in [-0.39, 0.29) is 0 Å². The molecule has 0 spiro atoms. The largest absolute Gasteiger partial charge is 0.407 e. The zero-order valence-corrected chi connectivity index (χ0v) is 11.6. The standard InChI is InChI=1S/C13H15ClN2OS/c14-10-6-11-8-15-9-16(11)13(7-10)17-18-12-4-2-1-3-5-12/h6-9,12H,1-5H2. The van der Waals surface area contributed by atoms with Gasteiger partial charge in [0.25, 0.3) is 0 Å². The molecule has 1 fully saturated rings. The molecule has 1 saturated carbocycles. The fourth-order valence-electron chi connectivity index (χ4n) is 2.31. The second-order valence-electron chi connectivity index (χ2n) is 4.64. The highest BCUT2D eigenvalue weighted by Gasteiger charge is 2.16. The van der Waals surface area contributed by atoms with Crippen molar-refractivity contribution in [2.24, 2.45) is 0 Å². The number of nitrogens with zero attached hydrogens (tertiary/aromatic N) is 2. The molecule has 2 aromatic heterocycles. The molecule has 0 N–H and O–H groups in total. The van der Waals surface area contributed by atoms with Crippen LogP contribution in [0.1, 0.15) is 32.1 Å². The van der Waals surface area contributed by atoms with E-state index in [0.29, 0.717) is 10.3 Å². The third-order valence-electron chi connectivity index (χ3n) is 3.27. The van der Waals surface area contributed by atoms with E-state index in [1.54, 1.807) is 24.6 Å². The molecule has 3 nitrogen and oxygen atoms in total. The molecule has 0 amide bonds. The predicted octanol–water partition coefficient (Wildman–Crippen LogP) is 4.35. The SMILES string of the molecule is Clc1cc(OSC2CCCCC2)n2cncc2c1. The van der Waals surface area contributed by atoms with Crippen molar-refractivity contribution in [3.05, 3.63) is 29.7 Å². The molecule has 96 valence electrons. The summed E-state index contributed by atoms with van der Waals surface area (Å²) in [5, 5.41) is 1.29. The van der Waals surface area contributed by atoms with Gasteiger partial charge in [-0.2, -0.15) is 0 Å². The van der Waals surface area contributed by atoms with E-state index in [0.717, 1.165) is 11.4 Å². The van der Waals surface area contributed by atoms with Crippen molar-refractivity contribution < 1.29 is 4.18 Å². The van der Waals surface area contributed by atoms with Gasteiger partial charge in [-0.1, -0.05) is 30.9 Å². The summed E-state index contributed by atoms with van der Waals surface area (Å²) in [7, 11) is 0. The van der Waals surface area contributed by atoms with Crippen molar-refractivity contribution >= 4 is 29.2 Å². The van der Waals surface area contributed by atoms with Gasteiger partial charge in [-0.3, -0.25) is 4.40 Å². The summed E-state index contributed by atoms with van der Waals surface area (Å²) in [5.74, 6) is 0.755. The monoisotopic (exact) mass is 282 g/mol. The normalized spacial score (nSPS) is 17.2. The topological polar surface area (TPSA) is 26.5 Å². The van der Waals surface area contributed by atoms with E-state index in [1.165, 1.54) is 32.1 Å². The molecule has 0 aromatic carbocycles. The van der Waals surface area contributed by atoms with Crippen LogP contribution in [0.15, 0.2) is 24.7 Å². The van der Waals surface area contributed by atoms with Gasteiger partial charge in [0.15, 0.2) is 0 Å². The molecule has 1 aliphatic rings. The van der Waals surface area contributed by atoms with Gasteiger partial charge in [0.05, 0.1) is 23.8 Å². The minimum Gasteiger partial charge on any atom is -0.407 e. The smallest absolute Gasteiger partial charge is 0.215 e. The highest BCUT2D eigenvalue weighted by molar-refractivity contribution is 7.95. The summed E-state index contributed by atoms with van der Waals surface area (Å²) in [6.07, 6.45) is 10.0. The number of hydrogen-bond acceptors (Lipinski definition) is 3. The van der Waals surface area contributed by atoms with Crippen LogP contribution in [0.5, 0.6) is 5.88 Å². The van der Waals surface area contributed by atoms with Gasteiger partial charge >= 0.3 is 0 Å². The van der Waals surface area contributed by atoms with Crippen molar-refractivity contribution in [1.82, 2.24) is 9.38 Å². The van der Waals surface area contributed by atoms with Gasteiger partial charge in [0, 0.05) is 16.3 Å². The number of imidazole rings is 1. The van der Waals surface area contributed by atoms with Gasteiger partial charge < -0.3 is 4.18 Å². The molecule has 0 saturated heterocycles. The van der Waals surface area contributed by atoms with Crippen molar-refractivity contribution in [3.63, 3.8) is 0 Å². The number of hydrogen-bond donors (Lipinski definition) is 0. The van der Waals surface area contributed by atoms with Crippen molar-refractivity contribution in [3.8, 4) is 5.88 Å². The van der Waals surface area contributed by atoms with Crippen LogP contribution in [0.25, 0.3) is 5.52 Å². The van der Waals surface area contributed by atoms with Crippen LogP contribution in [-0.4, -0.2) is 14.6 Å². The Morgan fingerprint density at radius 3 is 2.94 bits per heavy atom. The molecular weight excluding hydrogens is 268 g/mol. The molecule has 0 unspecified atom stereocenters. The Morgan fingerprint density at radius 1 is 1.28 bits per heavy atom. The van der Waals surface area contributed by atoms with E-state index in [2.05, 4.69) is 4.98 Å². The summed E-state index contributed by atoms with van der Waals surface area (Å²) in [6, 6.07) is 3.72. The van der Waals surface area contributed by atoms with Crippen LogP contribution >= 0.6 is 23.6 Å². The number of aromatic nitrogens is 2. The maximum Gasteiger partial charge on any atom is 0.215 e. The van der Waals surface area contributed by atoms with E-state index in [4.69, 9.17) is 15.8 Å². The van der Waals surface area contributed by atoms with Crippen molar-refractivity contribution in [2.75, 3.05) is 0 Å². The lowest BCUT2D eigenvalue weighted by Gasteiger charge is -2.20. The van der Waals surface area contributed by atoms with E-state index in [9.17, 15) is 0 Å². The fraction of sp³-hybridized carbons (Fsp3) is 0.462. The van der Waals surface area contributed by atoms with Crippen molar-refractivity contribution in [1.29, 1.82) is 0 Å². The first-order chi connectivity index (χ1) is 8.83. The summed E-state index contributed by atoms with van der Waals surface area (Å²) >= 11 is 7.64. The number of rotatable bonds is 3. The van der Waals surface area contributed by atoms with Crippen LogP contribution in [0, 0.1) is 0 Å². The Labute approximate surface area is 116 Å². The first kappa shape index (κ1) is 12.2. The molecular formula is C13H15ClN2OS. The van der Waals surface area contributed by atoms with E-state index >= 15 is 0 Å². The lowest BCUT2D eigenvalue weighted by Crippen LogP contribution is -2.10. The predicted molar refractivity (Wildman–Crippen MR) is 75.3 cm³/mol. The van der Waals surface area contributed by atoms with Crippen LogP contribution in [-0.2, 0) is 0 Å². The quantitative estimate of drug-likeness (QED) is 0.783. The fourth-order valence-corrected chi connectivity index (χ4v) is 3.40. The van der Waals surface area contributed by atoms with Gasteiger partial charge in [0.1, 0.15) is 6.33 Å². The van der Waals surface area contributed by atoms with Crippen LogP contribution in [0.3, 0.4) is 0 Å². The average Bonchev–Trinajstić information content (AvgIpc) is 2.85. The maximum absolute atomic E-state index is 6.07. The third-order valence-corrected chi connectivity index (χ3v) is 4.50. The van der Waals surface area contributed by atoms with Crippen LogP contribution < -0.4 is 4.18 Å². The first-order valence-corrected chi connectivity index (χ1v) is 7.46. The third kappa shape index (κ3) is 2.59. The summed E-state index contributed by atoms with van der Waals surface area (Å²) < 4.78 is 7.77. The van der Waals surface area contributed by atoms with Gasteiger partial charge in [-0.25, -0.2) is 4.98 Å². The Hall–Kier alpha value is -0.870. The number of fused-ring (bicyclic) bond motifs is 1. The van der Waals surface area contributed by atoms with Crippen LogP contribution in [0.2, 0.25) is 5.02 Å². The average molecular weight is 283 g/mol. The Kier molecular flexibility index (Phi) is 3.66. The Bertz CT molecular complexity index is 537. The van der Waals surface area contributed by atoms with E-state index in [1.807, 2.05) is 16.5 Å². The summed E-state index contributed by atoms with van der Waals surface area (Å²) in [4.78, 5) is 4.11. The highest BCUT2D eigenvalue weighted by Crippen LogP contribution is 2.31. The van der Waals surface area contributed by atoms with Crippen LogP contribution in [0.4, 0.5) is 0 Å². The van der Waals surface area contributed by atoms with Gasteiger partial charge in [-0.05, 0) is 18.9 Å². The molecule has 3 rings (SSSR count). The van der Waals surface area contributed by atoms with Gasteiger partial charge in [-0.15, -0.1) is 0 Å². The maximum atomic E-state index is 6.07. The Balaban J connectivity index is 1.75. The van der Waals surface area contributed by atoms with Gasteiger partial charge in [0.2, 0.25) is 5.88 Å². The minimum absolute atomic E-state index is 0.608. The summed E-state index contributed by atoms with van der Waals surface area (Å²) in [6.45, 7) is 0. The number of pyridine rings is 1. The number of halogens is 1. The highest BCUT2D eigenvalue weighted by atomic mass is 35.5. The Morgan fingerprint density at radius 2 is 2.11 bits per heavy atom. The lowest BCUT2D eigenvalue weighted by atomic mass is 10.0. The molecule has 0 radical (unpaired) electrons. The molecule has 18 heavy (non-hydrogen) atoms. The zero-order valence-electron chi connectivity index (χ0n) is 10.0. The second-order valence-corrected chi connectivity index (χ2v) is 6.10. The minimum atomic E-state index is 0.608. The zero-order chi connectivity index (χ0) is 12.4. The molecule has 0 atom stereocenters. The molecule has 1 aliphatic carbocycles. The molecule has 5 heteroatoms.